The summed E-state index contributed by atoms with van der Waals surface area (Å²) in [4.78, 5) is 4.81. The number of thiazole rings is 1. The summed E-state index contributed by atoms with van der Waals surface area (Å²) in [6.07, 6.45) is 2.36. The molecule has 1 fully saturated rings. The van der Waals surface area contributed by atoms with Gasteiger partial charge in [0.25, 0.3) is 0 Å². The molecule has 3 heterocycles. The molecule has 0 bridgehead atoms. The fourth-order valence-corrected chi connectivity index (χ4v) is 4.16. The lowest BCUT2D eigenvalue weighted by Crippen LogP contribution is -2.26. The fraction of sp³-hybridized carbons (Fsp3) is 0.312. The van der Waals surface area contributed by atoms with Gasteiger partial charge in [0.2, 0.25) is 0 Å². The van der Waals surface area contributed by atoms with Crippen molar-refractivity contribution in [3.63, 3.8) is 0 Å². The minimum absolute atomic E-state index is 0.600. The van der Waals surface area contributed by atoms with Crippen molar-refractivity contribution in [3.05, 3.63) is 39.1 Å². The highest BCUT2D eigenvalue weighted by molar-refractivity contribution is 9.10. The molecule has 1 aliphatic rings. The molecular formula is C16H15BrN2OS. The Bertz CT molecular complexity index is 774. The van der Waals surface area contributed by atoms with Gasteiger partial charge in [-0.05, 0) is 50.2 Å². The maximum atomic E-state index is 5.92. The smallest absolute Gasteiger partial charge is 0.154 e. The number of rotatable bonds is 2. The monoisotopic (exact) mass is 362 g/mol. The normalized spacial score (nSPS) is 16.6. The average Bonchev–Trinajstić information content (AvgIpc) is 3.14. The third-order valence-corrected chi connectivity index (χ3v) is 5.44. The highest BCUT2D eigenvalue weighted by Crippen LogP contribution is 2.34. The number of furan rings is 1. The fourth-order valence-electron chi connectivity index (χ4n) is 2.80. The number of hydrogen-bond acceptors (Lipinski definition) is 4. The largest absolute Gasteiger partial charge is 0.454 e. The van der Waals surface area contributed by atoms with Crippen LogP contribution in [0.2, 0.25) is 0 Å². The maximum absolute atomic E-state index is 5.92. The average molecular weight is 363 g/mol. The maximum Gasteiger partial charge on any atom is 0.154 e. The van der Waals surface area contributed by atoms with Crippen LogP contribution in [0, 0.1) is 0 Å². The minimum atomic E-state index is 0.600. The first-order valence-electron chi connectivity index (χ1n) is 7.15. The first-order chi connectivity index (χ1) is 10.3. The molecule has 108 valence electrons. The summed E-state index contributed by atoms with van der Waals surface area (Å²) in [5.41, 5.74) is 1.87. The second kappa shape index (κ2) is 5.55. The number of nitrogens with one attached hydrogen (secondary N) is 1. The van der Waals surface area contributed by atoms with Gasteiger partial charge >= 0.3 is 0 Å². The van der Waals surface area contributed by atoms with Crippen LogP contribution in [0.5, 0.6) is 0 Å². The van der Waals surface area contributed by atoms with E-state index in [0.29, 0.717) is 5.92 Å². The SMILES string of the molecule is Brc1ccc2oc(-c3csc(C4CCNCC4)n3)cc2c1. The summed E-state index contributed by atoms with van der Waals surface area (Å²) >= 11 is 5.25. The van der Waals surface area contributed by atoms with Crippen molar-refractivity contribution in [2.75, 3.05) is 13.1 Å². The number of nitrogens with zero attached hydrogens (tertiary/aromatic N) is 1. The van der Waals surface area contributed by atoms with E-state index >= 15 is 0 Å². The number of piperidine rings is 1. The predicted molar refractivity (Wildman–Crippen MR) is 89.9 cm³/mol. The molecule has 3 nitrogen and oxygen atoms in total. The van der Waals surface area contributed by atoms with Gasteiger partial charge in [0.15, 0.2) is 5.76 Å². The van der Waals surface area contributed by atoms with E-state index in [9.17, 15) is 0 Å². The van der Waals surface area contributed by atoms with E-state index in [2.05, 4.69) is 38.8 Å². The van der Waals surface area contributed by atoms with E-state index in [1.807, 2.05) is 12.1 Å². The van der Waals surface area contributed by atoms with E-state index in [0.717, 1.165) is 40.0 Å². The van der Waals surface area contributed by atoms with Crippen LogP contribution in [0.4, 0.5) is 0 Å². The molecular weight excluding hydrogens is 348 g/mol. The Morgan fingerprint density at radius 2 is 2.10 bits per heavy atom. The molecule has 0 atom stereocenters. The van der Waals surface area contributed by atoms with Crippen LogP contribution in [0.3, 0.4) is 0 Å². The second-order valence-corrected chi connectivity index (χ2v) is 7.19. The van der Waals surface area contributed by atoms with E-state index in [1.54, 1.807) is 11.3 Å². The number of hydrogen-bond donors (Lipinski definition) is 1. The summed E-state index contributed by atoms with van der Waals surface area (Å²) in [5, 5.41) is 7.87. The van der Waals surface area contributed by atoms with Crippen LogP contribution in [-0.2, 0) is 0 Å². The molecule has 0 radical (unpaired) electrons. The summed E-state index contributed by atoms with van der Waals surface area (Å²) in [5.74, 6) is 1.46. The highest BCUT2D eigenvalue weighted by atomic mass is 79.9. The topological polar surface area (TPSA) is 38.1 Å². The zero-order chi connectivity index (χ0) is 14.2. The molecule has 4 rings (SSSR count). The van der Waals surface area contributed by atoms with Crippen LogP contribution >= 0.6 is 27.3 Å². The third kappa shape index (κ3) is 2.65. The molecule has 0 aliphatic carbocycles. The van der Waals surface area contributed by atoms with Crippen molar-refractivity contribution in [1.29, 1.82) is 0 Å². The van der Waals surface area contributed by atoms with Crippen molar-refractivity contribution in [2.45, 2.75) is 18.8 Å². The third-order valence-electron chi connectivity index (χ3n) is 3.94. The highest BCUT2D eigenvalue weighted by Gasteiger charge is 2.19. The molecule has 5 heteroatoms. The van der Waals surface area contributed by atoms with Gasteiger partial charge in [-0.15, -0.1) is 11.3 Å². The van der Waals surface area contributed by atoms with Crippen molar-refractivity contribution in [3.8, 4) is 11.5 Å². The molecule has 3 aromatic rings. The Morgan fingerprint density at radius 1 is 1.24 bits per heavy atom. The first kappa shape index (κ1) is 13.5. The Morgan fingerprint density at radius 3 is 2.95 bits per heavy atom. The molecule has 0 unspecified atom stereocenters. The summed E-state index contributed by atoms with van der Waals surface area (Å²) in [7, 11) is 0. The van der Waals surface area contributed by atoms with Gasteiger partial charge in [0.1, 0.15) is 11.3 Å². The van der Waals surface area contributed by atoms with E-state index in [4.69, 9.17) is 9.40 Å². The van der Waals surface area contributed by atoms with Crippen LogP contribution in [0.1, 0.15) is 23.8 Å². The van der Waals surface area contributed by atoms with Crippen LogP contribution in [-0.4, -0.2) is 18.1 Å². The van der Waals surface area contributed by atoms with E-state index < -0.39 is 0 Å². The van der Waals surface area contributed by atoms with Gasteiger partial charge in [-0.3, -0.25) is 0 Å². The van der Waals surface area contributed by atoms with Gasteiger partial charge in [0, 0.05) is 21.2 Å². The molecule has 1 saturated heterocycles. The van der Waals surface area contributed by atoms with Gasteiger partial charge < -0.3 is 9.73 Å². The second-order valence-electron chi connectivity index (χ2n) is 5.39. The number of halogens is 1. The van der Waals surface area contributed by atoms with E-state index in [1.165, 1.54) is 17.8 Å². The van der Waals surface area contributed by atoms with Crippen molar-refractivity contribution in [2.24, 2.45) is 0 Å². The molecule has 0 amide bonds. The van der Waals surface area contributed by atoms with Crippen molar-refractivity contribution < 1.29 is 4.42 Å². The number of benzene rings is 1. The Kier molecular flexibility index (Phi) is 3.57. The standard InChI is InChI=1S/C16H15BrN2OS/c17-12-1-2-14-11(7-12)8-15(20-14)13-9-21-16(19-13)10-3-5-18-6-4-10/h1-2,7-10,18H,3-6H2. The molecule has 1 aromatic carbocycles. The quantitative estimate of drug-likeness (QED) is 0.712. The Hall–Kier alpha value is -1.17. The predicted octanol–water partition coefficient (Wildman–Crippen LogP) is 4.79. The number of aromatic nitrogens is 1. The van der Waals surface area contributed by atoms with Crippen LogP contribution in [0.15, 0.2) is 38.5 Å². The molecule has 1 N–H and O–H groups in total. The molecule has 0 saturated carbocycles. The molecule has 21 heavy (non-hydrogen) atoms. The van der Waals surface area contributed by atoms with Crippen molar-refractivity contribution in [1.82, 2.24) is 10.3 Å². The molecule has 1 aliphatic heterocycles. The summed E-state index contributed by atoms with van der Waals surface area (Å²) in [6.45, 7) is 2.19. The van der Waals surface area contributed by atoms with Gasteiger partial charge in [-0.1, -0.05) is 15.9 Å². The van der Waals surface area contributed by atoms with E-state index in [-0.39, 0.29) is 0 Å². The number of fused-ring (bicyclic) bond motifs is 1. The summed E-state index contributed by atoms with van der Waals surface area (Å²) < 4.78 is 6.99. The lowest BCUT2D eigenvalue weighted by molar-refractivity contribution is 0.459. The van der Waals surface area contributed by atoms with Crippen LogP contribution < -0.4 is 5.32 Å². The Labute approximate surface area is 135 Å². The zero-order valence-electron chi connectivity index (χ0n) is 11.4. The molecule has 2 aromatic heterocycles. The Balaban J connectivity index is 1.67. The van der Waals surface area contributed by atoms with Crippen LogP contribution in [0.25, 0.3) is 22.4 Å². The molecule has 0 spiro atoms. The lowest BCUT2D eigenvalue weighted by atomic mass is 9.99. The zero-order valence-corrected chi connectivity index (χ0v) is 13.8. The van der Waals surface area contributed by atoms with Gasteiger partial charge in [0.05, 0.1) is 5.01 Å². The minimum Gasteiger partial charge on any atom is -0.454 e. The first-order valence-corrected chi connectivity index (χ1v) is 8.82. The van der Waals surface area contributed by atoms with Gasteiger partial charge in [-0.2, -0.15) is 0 Å². The van der Waals surface area contributed by atoms with Crippen molar-refractivity contribution >= 4 is 38.2 Å². The summed E-state index contributed by atoms with van der Waals surface area (Å²) in [6, 6.07) is 8.13. The van der Waals surface area contributed by atoms with Gasteiger partial charge in [-0.25, -0.2) is 4.98 Å². The lowest BCUT2D eigenvalue weighted by Gasteiger charge is -2.20.